The molecule has 0 heterocycles. The Balaban J connectivity index is 1.49. The Morgan fingerprint density at radius 2 is 1.40 bits per heavy atom. The van der Waals surface area contributed by atoms with Crippen molar-refractivity contribution in [2.75, 3.05) is 19.6 Å². The topological polar surface area (TPSA) is 64.5 Å². The van der Waals surface area contributed by atoms with Crippen LogP contribution in [0.4, 0.5) is 0 Å². The molecule has 0 aliphatic carbocycles. The molecule has 4 N–H and O–H groups in total. The molecular formula is C26H32N2O2. The Kier molecular flexibility index (Phi) is 8.03. The number of aliphatic hydroxyl groups is 1. The lowest BCUT2D eigenvalue weighted by atomic mass is 9.91. The largest absolute Gasteiger partial charge is 0.508 e. The van der Waals surface area contributed by atoms with Crippen molar-refractivity contribution in [3.8, 4) is 5.75 Å². The predicted molar refractivity (Wildman–Crippen MR) is 123 cm³/mol. The fourth-order valence-electron chi connectivity index (χ4n) is 3.70. The van der Waals surface area contributed by atoms with Crippen LogP contribution in [0.3, 0.4) is 0 Å². The lowest BCUT2D eigenvalue weighted by Gasteiger charge is -2.22. The molecular weight excluding hydrogens is 372 g/mol. The fourth-order valence-corrected chi connectivity index (χ4v) is 3.70. The van der Waals surface area contributed by atoms with Gasteiger partial charge in [0.25, 0.3) is 0 Å². The van der Waals surface area contributed by atoms with E-state index in [1.54, 1.807) is 12.1 Å². The van der Waals surface area contributed by atoms with Crippen molar-refractivity contribution in [3.05, 3.63) is 101 Å². The summed E-state index contributed by atoms with van der Waals surface area (Å²) in [5, 5.41) is 27.2. The first kappa shape index (κ1) is 22.0. The Labute approximate surface area is 179 Å². The van der Waals surface area contributed by atoms with E-state index in [4.69, 9.17) is 0 Å². The van der Waals surface area contributed by atoms with Crippen LogP contribution in [0.1, 0.15) is 41.2 Å². The molecule has 2 atom stereocenters. The molecule has 3 aromatic carbocycles. The van der Waals surface area contributed by atoms with Crippen molar-refractivity contribution >= 4 is 0 Å². The molecule has 3 aromatic rings. The molecule has 4 heteroatoms. The van der Waals surface area contributed by atoms with E-state index < -0.39 is 6.10 Å². The third-order valence-corrected chi connectivity index (χ3v) is 5.56. The maximum absolute atomic E-state index is 10.6. The zero-order valence-electron chi connectivity index (χ0n) is 17.8. The summed E-state index contributed by atoms with van der Waals surface area (Å²) in [6.45, 7) is 6.23. The summed E-state index contributed by atoms with van der Waals surface area (Å²) in [4.78, 5) is 0. The molecule has 0 spiro atoms. The highest BCUT2D eigenvalue weighted by molar-refractivity contribution is 5.36. The number of phenolic OH excluding ortho intramolecular Hbond substituents is 1. The first-order valence-electron chi connectivity index (χ1n) is 10.6. The van der Waals surface area contributed by atoms with Crippen molar-refractivity contribution in [3.63, 3.8) is 0 Å². The van der Waals surface area contributed by atoms with E-state index in [9.17, 15) is 10.2 Å². The van der Waals surface area contributed by atoms with Crippen LogP contribution in [-0.2, 0) is 0 Å². The van der Waals surface area contributed by atoms with Crippen LogP contribution in [0.25, 0.3) is 0 Å². The van der Waals surface area contributed by atoms with Crippen LogP contribution in [0.5, 0.6) is 5.75 Å². The minimum atomic E-state index is -0.620. The number of hydrogen-bond acceptors (Lipinski definition) is 4. The monoisotopic (exact) mass is 404 g/mol. The molecule has 0 aromatic heterocycles. The van der Waals surface area contributed by atoms with Crippen molar-refractivity contribution in [1.29, 1.82) is 0 Å². The van der Waals surface area contributed by atoms with Gasteiger partial charge < -0.3 is 20.8 Å². The van der Waals surface area contributed by atoms with Gasteiger partial charge in [-0.25, -0.2) is 0 Å². The van der Waals surface area contributed by atoms with Gasteiger partial charge in [0, 0.05) is 31.6 Å². The lowest BCUT2D eigenvalue weighted by molar-refractivity contribution is 0.136. The van der Waals surface area contributed by atoms with Crippen LogP contribution >= 0.6 is 0 Å². The zero-order chi connectivity index (χ0) is 21.3. The van der Waals surface area contributed by atoms with Gasteiger partial charge in [-0.2, -0.15) is 0 Å². The van der Waals surface area contributed by atoms with Crippen molar-refractivity contribution in [2.45, 2.75) is 31.9 Å². The van der Waals surface area contributed by atoms with Gasteiger partial charge in [0.05, 0.1) is 6.10 Å². The molecule has 0 aliphatic rings. The Bertz CT molecular complexity index is 860. The predicted octanol–water partition coefficient (Wildman–Crippen LogP) is 4.13. The second-order valence-corrected chi connectivity index (χ2v) is 7.81. The molecule has 3 rings (SSSR count). The Morgan fingerprint density at radius 3 is 1.97 bits per heavy atom. The Hall–Kier alpha value is -2.66. The maximum Gasteiger partial charge on any atom is 0.118 e. The molecule has 2 unspecified atom stereocenters. The molecule has 0 aliphatic heterocycles. The zero-order valence-corrected chi connectivity index (χ0v) is 17.8. The van der Waals surface area contributed by atoms with Gasteiger partial charge >= 0.3 is 0 Å². The summed E-state index contributed by atoms with van der Waals surface area (Å²) in [7, 11) is 0. The minimum absolute atomic E-state index is 0.0882. The van der Waals surface area contributed by atoms with E-state index in [1.807, 2.05) is 32.0 Å². The third kappa shape index (κ3) is 5.92. The normalized spacial score (nSPS) is 13.3. The van der Waals surface area contributed by atoms with E-state index >= 15 is 0 Å². The number of nitrogens with one attached hydrogen (secondary N) is 2. The van der Waals surface area contributed by atoms with Gasteiger partial charge in [0.1, 0.15) is 5.75 Å². The molecule has 158 valence electrons. The van der Waals surface area contributed by atoms with Gasteiger partial charge in [-0.1, -0.05) is 66.7 Å². The van der Waals surface area contributed by atoms with Crippen LogP contribution in [0.2, 0.25) is 0 Å². The molecule has 30 heavy (non-hydrogen) atoms. The molecule has 0 radical (unpaired) electrons. The van der Waals surface area contributed by atoms with E-state index in [1.165, 1.54) is 11.1 Å². The first-order chi connectivity index (χ1) is 14.6. The van der Waals surface area contributed by atoms with Gasteiger partial charge in [-0.15, -0.1) is 0 Å². The van der Waals surface area contributed by atoms with Gasteiger partial charge in [-0.05, 0) is 48.2 Å². The van der Waals surface area contributed by atoms with Crippen molar-refractivity contribution < 1.29 is 10.2 Å². The lowest BCUT2D eigenvalue weighted by Crippen LogP contribution is -2.38. The summed E-state index contributed by atoms with van der Waals surface area (Å²) < 4.78 is 0. The number of aryl methyl sites for hydroxylation is 1. The van der Waals surface area contributed by atoms with Crippen LogP contribution in [-0.4, -0.2) is 35.9 Å². The number of hydrogen-bond donors (Lipinski definition) is 4. The summed E-state index contributed by atoms with van der Waals surface area (Å²) in [5.41, 5.74) is 4.19. The second-order valence-electron chi connectivity index (χ2n) is 7.81. The molecule has 0 saturated carbocycles. The summed E-state index contributed by atoms with van der Waals surface area (Å²) in [5.74, 6) is 0.553. The van der Waals surface area contributed by atoms with E-state index in [2.05, 4.69) is 59.2 Å². The fraction of sp³-hybridized carbons (Fsp3) is 0.308. The molecule has 0 bridgehead atoms. The molecule has 0 saturated heterocycles. The smallest absolute Gasteiger partial charge is 0.118 e. The van der Waals surface area contributed by atoms with Gasteiger partial charge in [-0.3, -0.25) is 0 Å². The number of benzene rings is 3. The Morgan fingerprint density at radius 1 is 0.800 bits per heavy atom. The maximum atomic E-state index is 10.6. The van der Waals surface area contributed by atoms with Crippen LogP contribution in [0, 0.1) is 6.92 Å². The second kappa shape index (κ2) is 10.9. The molecule has 0 amide bonds. The average Bonchev–Trinajstić information content (AvgIpc) is 2.78. The summed E-state index contributed by atoms with van der Waals surface area (Å²) >= 11 is 0. The van der Waals surface area contributed by atoms with Crippen molar-refractivity contribution in [2.24, 2.45) is 0 Å². The summed E-state index contributed by atoms with van der Waals surface area (Å²) in [6, 6.07) is 26.3. The van der Waals surface area contributed by atoms with Crippen LogP contribution < -0.4 is 10.6 Å². The standard InChI is InChI=1S/C26H32N2O2/c1-19-17-23(13-14-25(19)29)26(30)20(2)28-16-15-27-18-24(21-9-5-3-6-10-21)22-11-7-4-8-12-22/h3-14,17,20,24,26-30H,15-16,18H2,1-2H3. The minimum Gasteiger partial charge on any atom is -0.508 e. The number of aromatic hydroxyl groups is 1. The average molecular weight is 405 g/mol. The third-order valence-electron chi connectivity index (χ3n) is 5.56. The molecule has 0 fully saturated rings. The number of aliphatic hydroxyl groups excluding tert-OH is 1. The van der Waals surface area contributed by atoms with Gasteiger partial charge in [0.2, 0.25) is 0 Å². The quantitative estimate of drug-likeness (QED) is 0.384. The van der Waals surface area contributed by atoms with Crippen LogP contribution in [0.15, 0.2) is 78.9 Å². The SMILES string of the molecule is Cc1cc(C(O)C(C)NCCNCC(c2ccccc2)c2ccccc2)ccc1O. The van der Waals surface area contributed by atoms with E-state index in [0.717, 1.165) is 30.8 Å². The first-order valence-corrected chi connectivity index (χ1v) is 10.6. The highest BCUT2D eigenvalue weighted by Crippen LogP contribution is 2.24. The van der Waals surface area contributed by atoms with E-state index in [-0.39, 0.29) is 11.8 Å². The number of phenols is 1. The molecule has 4 nitrogen and oxygen atoms in total. The van der Waals surface area contributed by atoms with Gasteiger partial charge in [0.15, 0.2) is 0 Å². The number of rotatable bonds is 10. The summed E-state index contributed by atoms with van der Waals surface area (Å²) in [6.07, 6.45) is -0.620. The highest BCUT2D eigenvalue weighted by Gasteiger charge is 2.17. The highest BCUT2D eigenvalue weighted by atomic mass is 16.3. The van der Waals surface area contributed by atoms with E-state index in [0.29, 0.717) is 5.92 Å². The van der Waals surface area contributed by atoms with Crippen molar-refractivity contribution in [1.82, 2.24) is 10.6 Å².